The fourth-order valence-corrected chi connectivity index (χ4v) is 3.98. The number of ether oxygens (including phenoxy) is 1. The fourth-order valence-electron chi connectivity index (χ4n) is 3.98. The molecule has 0 aliphatic heterocycles. The minimum absolute atomic E-state index is 0.00173. The third-order valence-electron chi connectivity index (χ3n) is 5.50. The standard InChI is InChI=1S/C15H19N3O4/c1-15(5-9-2-10(9)6-15)14(19)22-13-3-11(4-13)17-8-12(7-16-17)18(20)21/h7-11,13H,2-6H2,1H3. The fraction of sp³-hybridized carbons (Fsp3) is 0.733. The van der Waals surface area contributed by atoms with Gasteiger partial charge in [-0.15, -0.1) is 0 Å². The normalized spacial score (nSPS) is 39.0. The maximum atomic E-state index is 12.3. The van der Waals surface area contributed by atoms with Crippen molar-refractivity contribution in [1.29, 1.82) is 0 Å². The molecule has 1 aromatic rings. The van der Waals surface area contributed by atoms with E-state index in [2.05, 4.69) is 5.10 Å². The summed E-state index contributed by atoms with van der Waals surface area (Å²) in [5, 5.41) is 14.7. The molecule has 3 aliphatic rings. The smallest absolute Gasteiger partial charge is 0.312 e. The van der Waals surface area contributed by atoms with E-state index in [0.29, 0.717) is 12.8 Å². The molecule has 0 saturated heterocycles. The van der Waals surface area contributed by atoms with E-state index in [9.17, 15) is 14.9 Å². The van der Waals surface area contributed by atoms with Gasteiger partial charge in [-0.2, -0.15) is 5.10 Å². The van der Waals surface area contributed by atoms with Gasteiger partial charge in [0.25, 0.3) is 0 Å². The molecular formula is C15H19N3O4. The van der Waals surface area contributed by atoms with Gasteiger partial charge in [-0.05, 0) is 38.0 Å². The van der Waals surface area contributed by atoms with Gasteiger partial charge in [-0.25, -0.2) is 0 Å². The monoisotopic (exact) mass is 305 g/mol. The lowest BCUT2D eigenvalue weighted by atomic mass is 9.84. The average Bonchev–Trinajstić information content (AvgIpc) is 2.88. The molecule has 7 heteroatoms. The Kier molecular flexibility index (Phi) is 2.83. The van der Waals surface area contributed by atoms with E-state index >= 15 is 0 Å². The highest BCUT2D eigenvalue weighted by Gasteiger charge is 2.56. The summed E-state index contributed by atoms with van der Waals surface area (Å²) in [5.41, 5.74) is -0.290. The zero-order valence-corrected chi connectivity index (χ0v) is 12.5. The number of aromatic nitrogens is 2. The molecule has 3 aliphatic carbocycles. The lowest BCUT2D eigenvalue weighted by Gasteiger charge is -2.36. The SMILES string of the molecule is CC1(C(=O)OC2CC(n3cc([N+](=O)[O-])cn3)C2)CC2CC2C1. The third-order valence-corrected chi connectivity index (χ3v) is 5.50. The molecule has 0 N–H and O–H groups in total. The van der Waals surface area contributed by atoms with E-state index in [0.717, 1.165) is 24.7 Å². The molecule has 7 nitrogen and oxygen atoms in total. The van der Waals surface area contributed by atoms with Gasteiger partial charge in [0.1, 0.15) is 18.5 Å². The molecule has 0 spiro atoms. The highest BCUT2D eigenvalue weighted by Crippen LogP contribution is 2.60. The van der Waals surface area contributed by atoms with Gasteiger partial charge in [0, 0.05) is 12.8 Å². The molecule has 2 atom stereocenters. The molecule has 22 heavy (non-hydrogen) atoms. The van der Waals surface area contributed by atoms with Crippen LogP contribution in [0.3, 0.4) is 0 Å². The lowest BCUT2D eigenvalue weighted by molar-refractivity contribution is -0.385. The second-order valence-electron chi connectivity index (χ2n) is 7.31. The van der Waals surface area contributed by atoms with Gasteiger partial charge < -0.3 is 4.74 Å². The van der Waals surface area contributed by atoms with Crippen molar-refractivity contribution < 1.29 is 14.5 Å². The lowest BCUT2D eigenvalue weighted by Crippen LogP contribution is -2.39. The molecule has 1 heterocycles. The maximum Gasteiger partial charge on any atom is 0.312 e. The first-order valence-electron chi connectivity index (χ1n) is 7.84. The second-order valence-corrected chi connectivity index (χ2v) is 7.31. The molecule has 2 unspecified atom stereocenters. The van der Waals surface area contributed by atoms with Crippen LogP contribution in [-0.4, -0.2) is 26.8 Å². The molecule has 3 saturated carbocycles. The molecular weight excluding hydrogens is 286 g/mol. The first kappa shape index (κ1) is 13.7. The van der Waals surface area contributed by atoms with Crippen LogP contribution in [0.4, 0.5) is 5.69 Å². The van der Waals surface area contributed by atoms with Crippen LogP contribution in [0.15, 0.2) is 12.4 Å². The Morgan fingerprint density at radius 3 is 2.68 bits per heavy atom. The highest BCUT2D eigenvalue weighted by atomic mass is 16.6. The number of carbonyl (C=O) groups excluding carboxylic acids is 1. The van der Waals surface area contributed by atoms with Gasteiger partial charge >= 0.3 is 11.7 Å². The summed E-state index contributed by atoms with van der Waals surface area (Å²) in [6, 6.07) is 0.0938. The van der Waals surface area contributed by atoms with Crippen LogP contribution in [0.1, 0.15) is 45.1 Å². The summed E-state index contributed by atoms with van der Waals surface area (Å²) in [6.07, 6.45) is 7.22. The zero-order chi connectivity index (χ0) is 15.5. The van der Waals surface area contributed by atoms with E-state index in [-0.39, 0.29) is 29.2 Å². The van der Waals surface area contributed by atoms with Gasteiger partial charge in [-0.3, -0.25) is 19.6 Å². The predicted molar refractivity (Wildman–Crippen MR) is 76.0 cm³/mol. The van der Waals surface area contributed by atoms with Crippen LogP contribution in [0.5, 0.6) is 0 Å². The third kappa shape index (κ3) is 2.19. The Morgan fingerprint density at radius 2 is 2.09 bits per heavy atom. The number of nitrogens with zero attached hydrogens (tertiary/aromatic N) is 3. The number of fused-ring (bicyclic) bond motifs is 1. The number of esters is 1. The molecule has 118 valence electrons. The molecule has 4 rings (SSSR count). The maximum absolute atomic E-state index is 12.3. The molecule has 3 fully saturated rings. The molecule has 0 aromatic carbocycles. The topological polar surface area (TPSA) is 87.3 Å². The molecule has 1 aromatic heterocycles. The number of hydrogen-bond acceptors (Lipinski definition) is 5. The van der Waals surface area contributed by atoms with Gasteiger partial charge in [0.2, 0.25) is 0 Å². The van der Waals surface area contributed by atoms with E-state index in [1.54, 1.807) is 4.68 Å². The second kappa shape index (κ2) is 4.54. The van der Waals surface area contributed by atoms with Crippen LogP contribution in [0, 0.1) is 27.4 Å². The number of rotatable bonds is 4. The first-order chi connectivity index (χ1) is 10.4. The Bertz CT molecular complexity index is 624. The summed E-state index contributed by atoms with van der Waals surface area (Å²) in [7, 11) is 0. The Labute approximate surface area is 127 Å². The van der Waals surface area contributed by atoms with Crippen molar-refractivity contribution in [2.24, 2.45) is 17.3 Å². The average molecular weight is 305 g/mol. The van der Waals surface area contributed by atoms with Crippen LogP contribution >= 0.6 is 0 Å². The van der Waals surface area contributed by atoms with E-state index < -0.39 is 4.92 Å². The summed E-state index contributed by atoms with van der Waals surface area (Å²) >= 11 is 0. The van der Waals surface area contributed by atoms with E-state index in [1.165, 1.54) is 18.8 Å². The quantitative estimate of drug-likeness (QED) is 0.484. The van der Waals surface area contributed by atoms with Gasteiger partial charge in [0.15, 0.2) is 0 Å². The number of nitro groups is 1. The minimum atomic E-state index is -0.452. The van der Waals surface area contributed by atoms with Crippen LogP contribution in [-0.2, 0) is 9.53 Å². The Balaban J connectivity index is 1.30. The number of hydrogen-bond donors (Lipinski definition) is 0. The van der Waals surface area contributed by atoms with Gasteiger partial charge in [-0.1, -0.05) is 0 Å². The molecule has 0 radical (unpaired) electrons. The summed E-state index contributed by atoms with van der Waals surface area (Å²) in [6.45, 7) is 2.02. The minimum Gasteiger partial charge on any atom is -0.462 e. The van der Waals surface area contributed by atoms with Crippen molar-refractivity contribution in [2.75, 3.05) is 0 Å². The zero-order valence-electron chi connectivity index (χ0n) is 12.5. The van der Waals surface area contributed by atoms with Crippen LogP contribution in [0.2, 0.25) is 0 Å². The van der Waals surface area contributed by atoms with Crippen LogP contribution < -0.4 is 0 Å². The van der Waals surface area contributed by atoms with Crippen molar-refractivity contribution in [2.45, 2.75) is 51.2 Å². The van der Waals surface area contributed by atoms with Crippen molar-refractivity contribution in [3.8, 4) is 0 Å². The first-order valence-corrected chi connectivity index (χ1v) is 7.84. The van der Waals surface area contributed by atoms with Crippen molar-refractivity contribution in [1.82, 2.24) is 9.78 Å². The van der Waals surface area contributed by atoms with Crippen molar-refractivity contribution in [3.63, 3.8) is 0 Å². The predicted octanol–water partition coefficient (Wildman–Crippen LogP) is 2.47. The van der Waals surface area contributed by atoms with Crippen molar-refractivity contribution in [3.05, 3.63) is 22.5 Å². The molecule has 0 amide bonds. The van der Waals surface area contributed by atoms with Crippen molar-refractivity contribution >= 4 is 11.7 Å². The largest absolute Gasteiger partial charge is 0.462 e. The van der Waals surface area contributed by atoms with E-state index in [4.69, 9.17) is 4.74 Å². The summed E-state index contributed by atoms with van der Waals surface area (Å²) in [5.74, 6) is 1.43. The Morgan fingerprint density at radius 1 is 1.41 bits per heavy atom. The number of carbonyl (C=O) groups is 1. The summed E-state index contributed by atoms with van der Waals surface area (Å²) < 4.78 is 7.24. The van der Waals surface area contributed by atoms with Crippen LogP contribution in [0.25, 0.3) is 0 Å². The van der Waals surface area contributed by atoms with Gasteiger partial charge in [0.05, 0.1) is 16.4 Å². The van der Waals surface area contributed by atoms with E-state index in [1.807, 2.05) is 6.92 Å². The summed E-state index contributed by atoms with van der Waals surface area (Å²) in [4.78, 5) is 22.5. The Hall–Kier alpha value is -1.92. The highest BCUT2D eigenvalue weighted by molar-refractivity contribution is 5.77. The molecule has 0 bridgehead atoms.